The Morgan fingerprint density at radius 2 is 2.29 bits per heavy atom. The van der Waals surface area contributed by atoms with Crippen molar-refractivity contribution in [3.05, 3.63) is 0 Å². The Morgan fingerprint density at radius 3 is 2.93 bits per heavy atom. The lowest BCUT2D eigenvalue weighted by Crippen LogP contribution is -2.41. The van der Waals surface area contributed by atoms with Gasteiger partial charge in [0, 0.05) is 19.7 Å². The van der Waals surface area contributed by atoms with Crippen molar-refractivity contribution >= 4 is 17.3 Å². The van der Waals surface area contributed by atoms with Crippen molar-refractivity contribution < 1.29 is 4.74 Å². The third-order valence-electron chi connectivity index (χ3n) is 2.30. The van der Waals surface area contributed by atoms with Crippen LogP contribution in [0.25, 0.3) is 0 Å². The van der Waals surface area contributed by atoms with Gasteiger partial charge in [0.1, 0.15) is 0 Å². The Labute approximate surface area is 91.6 Å². The molecule has 1 heterocycles. The maximum absolute atomic E-state index is 5.58. The van der Waals surface area contributed by atoms with E-state index in [-0.39, 0.29) is 0 Å². The molecule has 3 nitrogen and oxygen atoms in total. The lowest BCUT2D eigenvalue weighted by atomic mass is 10.1. The molecule has 1 aliphatic heterocycles. The van der Waals surface area contributed by atoms with Crippen LogP contribution < -0.4 is 10.6 Å². The van der Waals surface area contributed by atoms with E-state index in [2.05, 4.69) is 17.6 Å². The Kier molecular flexibility index (Phi) is 5.87. The largest absolute Gasteiger partial charge is 0.376 e. The number of nitrogens with one attached hydrogen (secondary N) is 2. The fourth-order valence-electron chi connectivity index (χ4n) is 1.48. The maximum atomic E-state index is 5.58. The number of ether oxygens (including phenoxy) is 1. The molecule has 82 valence electrons. The third kappa shape index (κ3) is 4.77. The van der Waals surface area contributed by atoms with Crippen molar-refractivity contribution in [3.63, 3.8) is 0 Å². The molecule has 0 aromatic rings. The lowest BCUT2D eigenvalue weighted by Gasteiger charge is -2.23. The van der Waals surface area contributed by atoms with Gasteiger partial charge in [-0.3, -0.25) is 0 Å². The Morgan fingerprint density at radius 1 is 1.43 bits per heavy atom. The van der Waals surface area contributed by atoms with Gasteiger partial charge in [-0.1, -0.05) is 6.92 Å². The van der Waals surface area contributed by atoms with Crippen LogP contribution in [0.4, 0.5) is 0 Å². The summed E-state index contributed by atoms with van der Waals surface area (Å²) in [6.07, 6.45) is 5.09. The molecule has 1 unspecified atom stereocenters. The van der Waals surface area contributed by atoms with Gasteiger partial charge in [-0.15, -0.1) is 0 Å². The summed E-state index contributed by atoms with van der Waals surface area (Å²) in [5.41, 5.74) is 0. The van der Waals surface area contributed by atoms with Crippen molar-refractivity contribution in [1.29, 1.82) is 0 Å². The molecule has 0 radical (unpaired) electrons. The van der Waals surface area contributed by atoms with Crippen molar-refractivity contribution in [2.45, 2.75) is 38.7 Å². The van der Waals surface area contributed by atoms with E-state index in [1.807, 2.05) is 0 Å². The minimum absolute atomic E-state index is 0.352. The van der Waals surface area contributed by atoms with Crippen LogP contribution in [0.2, 0.25) is 0 Å². The van der Waals surface area contributed by atoms with E-state index in [1.165, 1.54) is 12.8 Å². The van der Waals surface area contributed by atoms with Crippen LogP contribution in [0, 0.1) is 0 Å². The highest BCUT2D eigenvalue weighted by molar-refractivity contribution is 7.80. The average Bonchev–Trinajstić information content (AvgIpc) is 2.25. The maximum Gasteiger partial charge on any atom is 0.166 e. The van der Waals surface area contributed by atoms with Gasteiger partial charge < -0.3 is 15.4 Å². The first-order valence-electron chi connectivity index (χ1n) is 5.46. The first-order valence-corrected chi connectivity index (χ1v) is 5.87. The van der Waals surface area contributed by atoms with Gasteiger partial charge in [-0.25, -0.2) is 0 Å². The summed E-state index contributed by atoms with van der Waals surface area (Å²) in [4.78, 5) is 0. The van der Waals surface area contributed by atoms with Crippen LogP contribution in [0.15, 0.2) is 0 Å². The summed E-state index contributed by atoms with van der Waals surface area (Å²) >= 11 is 5.11. The first kappa shape index (κ1) is 11.7. The van der Waals surface area contributed by atoms with Gasteiger partial charge >= 0.3 is 0 Å². The summed E-state index contributed by atoms with van der Waals surface area (Å²) in [6, 6.07) is 0. The van der Waals surface area contributed by atoms with Crippen LogP contribution in [-0.2, 0) is 4.74 Å². The molecule has 0 aromatic heterocycles. The first-order chi connectivity index (χ1) is 6.83. The highest BCUT2D eigenvalue weighted by Gasteiger charge is 2.13. The van der Waals surface area contributed by atoms with E-state index < -0.39 is 0 Å². The fourth-order valence-corrected chi connectivity index (χ4v) is 1.66. The molecule has 0 saturated carbocycles. The molecular formula is C10H20N2OS. The topological polar surface area (TPSA) is 33.3 Å². The zero-order valence-electron chi connectivity index (χ0n) is 8.84. The molecule has 1 rings (SSSR count). The van der Waals surface area contributed by atoms with Gasteiger partial charge in [0.05, 0.1) is 6.10 Å². The molecule has 1 atom stereocenters. The Balaban J connectivity index is 2.03. The van der Waals surface area contributed by atoms with Crippen molar-refractivity contribution in [1.82, 2.24) is 10.6 Å². The van der Waals surface area contributed by atoms with E-state index >= 15 is 0 Å². The monoisotopic (exact) mass is 216 g/mol. The van der Waals surface area contributed by atoms with Crippen molar-refractivity contribution in [2.75, 3.05) is 19.7 Å². The molecule has 1 fully saturated rings. The van der Waals surface area contributed by atoms with E-state index in [0.29, 0.717) is 6.10 Å². The summed E-state index contributed by atoms with van der Waals surface area (Å²) in [6.45, 7) is 4.81. The molecule has 4 heteroatoms. The van der Waals surface area contributed by atoms with E-state index in [1.54, 1.807) is 0 Å². The second-order valence-electron chi connectivity index (χ2n) is 3.63. The normalized spacial score (nSPS) is 21.6. The van der Waals surface area contributed by atoms with Crippen molar-refractivity contribution in [2.24, 2.45) is 0 Å². The second kappa shape index (κ2) is 7.01. The fraction of sp³-hybridized carbons (Fsp3) is 0.900. The van der Waals surface area contributed by atoms with Gasteiger partial charge in [-0.2, -0.15) is 0 Å². The summed E-state index contributed by atoms with van der Waals surface area (Å²) < 4.78 is 5.58. The molecule has 0 spiro atoms. The van der Waals surface area contributed by atoms with Crippen LogP contribution in [0.5, 0.6) is 0 Å². The van der Waals surface area contributed by atoms with Gasteiger partial charge in [0.25, 0.3) is 0 Å². The lowest BCUT2D eigenvalue weighted by molar-refractivity contribution is 0.0195. The third-order valence-corrected chi connectivity index (χ3v) is 2.59. The van der Waals surface area contributed by atoms with Gasteiger partial charge in [0.2, 0.25) is 0 Å². The SMILES string of the molecule is CCCNC(=S)NCC1CCCCO1. The molecule has 0 aliphatic carbocycles. The van der Waals surface area contributed by atoms with Crippen LogP contribution in [0.3, 0.4) is 0 Å². The molecule has 14 heavy (non-hydrogen) atoms. The number of rotatable bonds is 4. The minimum atomic E-state index is 0.352. The Bertz CT molecular complexity index is 170. The zero-order chi connectivity index (χ0) is 10.2. The number of thiocarbonyl (C=S) groups is 1. The van der Waals surface area contributed by atoms with Crippen molar-refractivity contribution in [3.8, 4) is 0 Å². The minimum Gasteiger partial charge on any atom is -0.376 e. The van der Waals surface area contributed by atoms with Gasteiger partial charge in [0.15, 0.2) is 5.11 Å². The molecule has 1 saturated heterocycles. The van der Waals surface area contributed by atoms with E-state index in [9.17, 15) is 0 Å². The molecule has 0 amide bonds. The van der Waals surface area contributed by atoms with E-state index in [4.69, 9.17) is 17.0 Å². The molecule has 0 aromatic carbocycles. The molecular weight excluding hydrogens is 196 g/mol. The summed E-state index contributed by atoms with van der Waals surface area (Å²) in [5, 5.41) is 7.07. The van der Waals surface area contributed by atoms with Crippen LogP contribution >= 0.6 is 12.2 Å². The van der Waals surface area contributed by atoms with Crippen LogP contribution in [0.1, 0.15) is 32.6 Å². The number of hydrogen-bond acceptors (Lipinski definition) is 2. The van der Waals surface area contributed by atoms with Crippen LogP contribution in [-0.4, -0.2) is 30.9 Å². The molecule has 1 aliphatic rings. The number of hydrogen-bond donors (Lipinski definition) is 2. The summed E-state index contributed by atoms with van der Waals surface area (Å²) in [7, 11) is 0. The summed E-state index contributed by atoms with van der Waals surface area (Å²) in [5.74, 6) is 0. The average molecular weight is 216 g/mol. The highest BCUT2D eigenvalue weighted by Crippen LogP contribution is 2.11. The van der Waals surface area contributed by atoms with E-state index in [0.717, 1.165) is 37.7 Å². The molecule has 0 bridgehead atoms. The molecule has 2 N–H and O–H groups in total. The second-order valence-corrected chi connectivity index (χ2v) is 4.03. The Hall–Kier alpha value is -0.350. The smallest absolute Gasteiger partial charge is 0.166 e. The van der Waals surface area contributed by atoms with Gasteiger partial charge in [-0.05, 0) is 37.9 Å². The standard InChI is InChI=1S/C10H20N2OS/c1-2-6-11-10(14)12-8-9-5-3-4-7-13-9/h9H,2-8H2,1H3,(H2,11,12,14). The quantitative estimate of drug-likeness (QED) is 0.697. The predicted octanol–water partition coefficient (Wildman–Crippen LogP) is 1.43. The zero-order valence-corrected chi connectivity index (χ0v) is 9.66. The predicted molar refractivity (Wildman–Crippen MR) is 62.5 cm³/mol. The highest BCUT2D eigenvalue weighted by atomic mass is 32.1.